The van der Waals surface area contributed by atoms with E-state index in [0.29, 0.717) is 5.92 Å². The fraction of sp³-hybridized carbons (Fsp3) is 0.767. The van der Waals surface area contributed by atoms with E-state index in [9.17, 15) is 4.79 Å². The number of esters is 1. The predicted octanol–water partition coefficient (Wildman–Crippen LogP) is 10.2. The van der Waals surface area contributed by atoms with Gasteiger partial charge in [-0.3, -0.25) is 4.79 Å². The Morgan fingerprint density at radius 1 is 0.688 bits per heavy atom. The first-order valence-electron chi connectivity index (χ1n) is 12.4. The largest absolute Gasteiger partial charge is 0.426 e. The summed E-state index contributed by atoms with van der Waals surface area (Å²) in [6, 6.07) is 8.40. The summed E-state index contributed by atoms with van der Waals surface area (Å²) in [7, 11) is 0. The first-order valence-corrected chi connectivity index (χ1v) is 12.4. The molecular formula is C30H58O2. The lowest BCUT2D eigenvalue weighted by atomic mass is 9.69. The molecular weight excluding hydrogens is 392 g/mol. The Morgan fingerprint density at radius 3 is 1.62 bits per heavy atom. The fourth-order valence-electron chi connectivity index (χ4n) is 6.18. The molecule has 0 aliphatic heterocycles. The van der Waals surface area contributed by atoms with Crippen LogP contribution in [-0.4, -0.2) is 5.97 Å². The second-order valence-electron chi connectivity index (χ2n) is 10.6. The molecule has 4 rings (SSSR count). The summed E-state index contributed by atoms with van der Waals surface area (Å²) in [6.07, 6.45) is 15.4. The van der Waals surface area contributed by atoms with Crippen molar-refractivity contribution in [3.8, 4) is 5.75 Å². The Kier molecular flexibility index (Phi) is 12.0. The molecule has 0 unspecified atom stereocenters. The van der Waals surface area contributed by atoms with E-state index in [1.54, 1.807) is 0 Å². The second kappa shape index (κ2) is 13.4. The lowest BCUT2D eigenvalue weighted by molar-refractivity contribution is -0.140. The maximum absolute atomic E-state index is 12.7. The molecule has 0 spiro atoms. The van der Waals surface area contributed by atoms with E-state index in [0.717, 1.165) is 42.3 Å². The normalized spacial score (nSPS) is 32.4. The van der Waals surface area contributed by atoms with E-state index in [1.807, 2.05) is 12.1 Å². The summed E-state index contributed by atoms with van der Waals surface area (Å²) in [5, 5.41) is 0. The summed E-state index contributed by atoms with van der Waals surface area (Å²) >= 11 is 0. The zero-order valence-corrected chi connectivity index (χ0v) is 18.6. The number of hydrogen-bond acceptors (Lipinski definition) is 2. The average Bonchev–Trinajstić information content (AvgIpc) is 2.76. The van der Waals surface area contributed by atoms with Gasteiger partial charge in [0.05, 0.1) is 5.92 Å². The van der Waals surface area contributed by atoms with Crippen LogP contribution in [0.2, 0.25) is 0 Å². The van der Waals surface area contributed by atoms with Gasteiger partial charge in [0.15, 0.2) is 0 Å². The van der Waals surface area contributed by atoms with Crippen LogP contribution < -0.4 is 4.74 Å². The highest BCUT2D eigenvalue weighted by Crippen LogP contribution is 2.41. The Bertz CT molecular complexity index is 655. The molecule has 0 aromatic heterocycles. The quantitative estimate of drug-likeness (QED) is 0.337. The zero-order chi connectivity index (χ0) is 20.2. The van der Waals surface area contributed by atoms with Gasteiger partial charge in [0.25, 0.3) is 0 Å². The smallest absolute Gasteiger partial charge is 0.314 e. The van der Waals surface area contributed by atoms with Gasteiger partial charge in [-0.05, 0) is 98.7 Å². The van der Waals surface area contributed by atoms with Crippen molar-refractivity contribution in [2.24, 2.45) is 29.6 Å². The van der Waals surface area contributed by atoms with Gasteiger partial charge in [-0.15, -0.1) is 0 Å². The summed E-state index contributed by atoms with van der Waals surface area (Å²) in [6.45, 7) is 4.76. The fourth-order valence-corrected chi connectivity index (χ4v) is 6.18. The molecule has 0 amide bonds. The number of benzene rings is 1. The van der Waals surface area contributed by atoms with E-state index < -0.39 is 0 Å². The van der Waals surface area contributed by atoms with Crippen molar-refractivity contribution in [3.63, 3.8) is 0 Å². The molecule has 0 N–H and O–H groups in total. The molecule has 3 fully saturated rings. The van der Waals surface area contributed by atoms with Crippen LogP contribution in [0.25, 0.3) is 0 Å². The molecule has 32 heavy (non-hydrogen) atoms. The Hall–Kier alpha value is -1.31. The van der Waals surface area contributed by atoms with Gasteiger partial charge < -0.3 is 4.74 Å². The van der Waals surface area contributed by atoms with Crippen molar-refractivity contribution in [1.29, 1.82) is 0 Å². The monoisotopic (exact) mass is 450 g/mol. The van der Waals surface area contributed by atoms with Crippen LogP contribution in [0.15, 0.2) is 24.3 Å². The van der Waals surface area contributed by atoms with E-state index >= 15 is 0 Å². The average molecular weight is 451 g/mol. The molecule has 1 aromatic carbocycles. The number of ether oxygens (including phenoxy) is 1. The van der Waals surface area contributed by atoms with E-state index in [1.165, 1.54) is 69.8 Å². The lowest BCUT2D eigenvalue weighted by Gasteiger charge is -2.36. The van der Waals surface area contributed by atoms with Crippen LogP contribution in [0.1, 0.15) is 129 Å². The van der Waals surface area contributed by atoms with E-state index in [-0.39, 0.29) is 38.4 Å². The molecule has 1 aromatic rings. The van der Waals surface area contributed by atoms with Crippen molar-refractivity contribution < 1.29 is 13.8 Å². The van der Waals surface area contributed by atoms with Crippen molar-refractivity contribution >= 4 is 5.97 Å². The van der Waals surface area contributed by atoms with Crippen molar-refractivity contribution in [2.45, 2.75) is 119 Å². The first-order chi connectivity index (χ1) is 14.1. The van der Waals surface area contributed by atoms with E-state index in [4.69, 9.17) is 4.74 Å². The van der Waals surface area contributed by atoms with Crippen LogP contribution >= 0.6 is 0 Å². The van der Waals surface area contributed by atoms with Crippen LogP contribution in [0.4, 0.5) is 0 Å². The van der Waals surface area contributed by atoms with Crippen molar-refractivity contribution in [2.75, 3.05) is 0 Å². The van der Waals surface area contributed by atoms with Gasteiger partial charge in [-0.2, -0.15) is 0 Å². The highest BCUT2D eigenvalue weighted by atomic mass is 16.5. The molecule has 3 aliphatic carbocycles. The van der Waals surface area contributed by atoms with Crippen LogP contribution in [0, 0.1) is 29.6 Å². The first kappa shape index (κ1) is 28.7. The van der Waals surface area contributed by atoms with Crippen LogP contribution in [-0.2, 0) is 4.79 Å². The van der Waals surface area contributed by atoms with Crippen molar-refractivity contribution in [3.05, 3.63) is 29.8 Å². The molecule has 190 valence electrons. The minimum Gasteiger partial charge on any atom is -0.426 e. The van der Waals surface area contributed by atoms with Gasteiger partial charge >= 0.3 is 5.97 Å². The van der Waals surface area contributed by atoms with Gasteiger partial charge in [-0.25, -0.2) is 0 Å². The maximum atomic E-state index is 12.7. The number of carbonyl (C=O) groups excluding carboxylic acids is 1. The zero-order valence-electron chi connectivity index (χ0n) is 18.6. The highest BCUT2D eigenvalue weighted by molar-refractivity contribution is 5.75. The van der Waals surface area contributed by atoms with Gasteiger partial charge in [0.2, 0.25) is 0 Å². The molecule has 0 atom stereocenters. The second-order valence-corrected chi connectivity index (χ2v) is 10.6. The molecule has 0 radical (unpaired) electrons. The van der Waals surface area contributed by atoms with Crippen molar-refractivity contribution in [1.82, 2.24) is 0 Å². The SMILES string of the molecule is C.C.C.CC1CCC(c2ccc(OC(=O)C3CCC(C4CCC(C)CC4)CC3)cc2)CC1.[HH].[HH].[HH]. The standard InChI is InChI=1S/C27H40O2.3CH4.3H2/c1-19-3-7-21(8-4-19)23-11-13-25(14-12-23)27(28)29-26-17-15-24(16-18-26)22-9-5-20(2)6-10-22;;;;;;/h15-23,25H,3-14H2,1-2H3;3*1H4;3*1H. The summed E-state index contributed by atoms with van der Waals surface area (Å²) in [5.74, 6) is 5.09. The van der Waals surface area contributed by atoms with Gasteiger partial charge in [0, 0.05) is 4.28 Å². The number of carbonyl (C=O) groups is 1. The minimum atomic E-state index is -0.0000393. The third-order valence-electron chi connectivity index (χ3n) is 8.42. The number of hydrogen-bond donors (Lipinski definition) is 0. The topological polar surface area (TPSA) is 26.3 Å². The van der Waals surface area contributed by atoms with Gasteiger partial charge in [-0.1, -0.05) is 73.9 Å². The molecule has 2 heteroatoms. The third kappa shape index (κ3) is 7.35. The number of rotatable bonds is 4. The minimum absolute atomic E-state index is 0. The molecule has 3 saturated carbocycles. The van der Waals surface area contributed by atoms with Crippen LogP contribution in [0.5, 0.6) is 5.75 Å². The Morgan fingerprint density at radius 2 is 1.12 bits per heavy atom. The van der Waals surface area contributed by atoms with Crippen LogP contribution in [0.3, 0.4) is 0 Å². The molecule has 0 heterocycles. The predicted molar refractivity (Wildman–Crippen MR) is 146 cm³/mol. The molecule has 0 bridgehead atoms. The maximum Gasteiger partial charge on any atom is 0.314 e. The highest BCUT2D eigenvalue weighted by Gasteiger charge is 2.33. The summed E-state index contributed by atoms with van der Waals surface area (Å²) in [4.78, 5) is 12.7. The molecule has 2 nitrogen and oxygen atoms in total. The lowest BCUT2D eigenvalue weighted by Crippen LogP contribution is -2.29. The van der Waals surface area contributed by atoms with Gasteiger partial charge in [0.1, 0.15) is 5.75 Å². The Labute approximate surface area is 204 Å². The summed E-state index contributed by atoms with van der Waals surface area (Å²) < 4.78 is 5.77. The van der Waals surface area contributed by atoms with E-state index in [2.05, 4.69) is 26.0 Å². The summed E-state index contributed by atoms with van der Waals surface area (Å²) in [5.41, 5.74) is 1.42. The third-order valence-corrected chi connectivity index (χ3v) is 8.42. The Balaban J connectivity index is -0.00000171. The molecule has 3 aliphatic rings. The molecule has 0 saturated heterocycles.